The van der Waals surface area contributed by atoms with Crippen LogP contribution >= 0.6 is 0 Å². The summed E-state index contributed by atoms with van der Waals surface area (Å²) in [6, 6.07) is 6.29. The van der Waals surface area contributed by atoms with Crippen LogP contribution in [0.1, 0.15) is 51.0 Å². The van der Waals surface area contributed by atoms with Crippen LogP contribution in [0.4, 0.5) is 4.79 Å². The molecule has 1 aromatic carbocycles. The van der Waals surface area contributed by atoms with Crippen LogP contribution < -0.4 is 20.1 Å². The normalized spacial score (nSPS) is 30.2. The lowest BCUT2D eigenvalue weighted by molar-refractivity contribution is -0.126. The molecule has 1 aromatic rings. The van der Waals surface area contributed by atoms with Gasteiger partial charge in [-0.15, -0.1) is 0 Å². The number of hydrogen-bond donors (Lipinski definition) is 2. The highest BCUT2D eigenvalue weighted by Crippen LogP contribution is 2.55. The van der Waals surface area contributed by atoms with E-state index in [0.717, 1.165) is 19.3 Å². The molecule has 29 heavy (non-hydrogen) atoms. The van der Waals surface area contributed by atoms with Crippen LogP contribution in [0, 0.1) is 29.1 Å². The van der Waals surface area contributed by atoms with Crippen molar-refractivity contribution < 1.29 is 19.1 Å². The first-order chi connectivity index (χ1) is 13.9. The molecule has 0 unspecified atom stereocenters. The summed E-state index contributed by atoms with van der Waals surface area (Å²) < 4.78 is 10.9. The van der Waals surface area contributed by atoms with E-state index in [9.17, 15) is 9.59 Å². The zero-order valence-corrected chi connectivity index (χ0v) is 16.9. The molecule has 0 heterocycles. The number of imide groups is 1. The number of hydrogen-bond acceptors (Lipinski definition) is 5. The third-order valence-electron chi connectivity index (χ3n) is 6.62. The Hall–Kier alpha value is -2.75. The zero-order valence-electron chi connectivity index (χ0n) is 16.9. The topological polar surface area (TPSA) is 100 Å². The lowest BCUT2D eigenvalue weighted by Gasteiger charge is -2.56. The SMILES string of the molecule is COc1cc(C#N)ccc1O[C@H](C)C(=O)NC(=O)NC12CC3CC(CC(C3)C1)C2. The van der Waals surface area contributed by atoms with Gasteiger partial charge in [-0.05, 0) is 75.3 Å². The minimum atomic E-state index is -0.890. The number of carbonyl (C=O) groups excluding carboxylic acids is 2. The summed E-state index contributed by atoms with van der Waals surface area (Å²) >= 11 is 0. The summed E-state index contributed by atoms with van der Waals surface area (Å²) in [5.41, 5.74) is 0.278. The van der Waals surface area contributed by atoms with Crippen molar-refractivity contribution in [2.75, 3.05) is 7.11 Å². The van der Waals surface area contributed by atoms with Gasteiger partial charge in [0.15, 0.2) is 17.6 Å². The quantitative estimate of drug-likeness (QED) is 0.795. The van der Waals surface area contributed by atoms with Crippen LogP contribution in [0.25, 0.3) is 0 Å². The summed E-state index contributed by atoms with van der Waals surface area (Å²) in [7, 11) is 1.47. The van der Waals surface area contributed by atoms with Gasteiger partial charge in [0.05, 0.1) is 18.7 Å². The third kappa shape index (κ3) is 4.02. The van der Waals surface area contributed by atoms with Gasteiger partial charge in [0, 0.05) is 11.6 Å². The maximum Gasteiger partial charge on any atom is 0.321 e. The molecule has 154 valence electrons. The van der Waals surface area contributed by atoms with Crippen LogP contribution in [0.15, 0.2) is 18.2 Å². The van der Waals surface area contributed by atoms with Crippen molar-refractivity contribution in [2.24, 2.45) is 17.8 Å². The molecule has 4 fully saturated rings. The van der Waals surface area contributed by atoms with Crippen molar-refractivity contribution in [1.82, 2.24) is 10.6 Å². The van der Waals surface area contributed by atoms with Crippen molar-refractivity contribution in [3.05, 3.63) is 23.8 Å². The minimum absolute atomic E-state index is 0.153. The summed E-state index contributed by atoms with van der Waals surface area (Å²) in [5, 5.41) is 14.5. The Morgan fingerprint density at radius 1 is 1.14 bits per heavy atom. The summed E-state index contributed by atoms with van der Waals surface area (Å²) in [5.74, 6) is 2.33. The molecule has 2 N–H and O–H groups in total. The molecule has 0 radical (unpaired) electrons. The fourth-order valence-corrected chi connectivity index (χ4v) is 5.83. The molecule has 4 aliphatic carbocycles. The zero-order chi connectivity index (χ0) is 20.6. The molecule has 4 aliphatic rings. The smallest absolute Gasteiger partial charge is 0.321 e. The second-order valence-electron chi connectivity index (χ2n) is 8.88. The van der Waals surface area contributed by atoms with Gasteiger partial charge in [-0.2, -0.15) is 5.26 Å². The van der Waals surface area contributed by atoms with E-state index in [2.05, 4.69) is 10.6 Å². The Bertz CT molecular complexity index is 825. The van der Waals surface area contributed by atoms with Crippen molar-refractivity contribution in [1.29, 1.82) is 5.26 Å². The highest BCUT2D eigenvalue weighted by molar-refractivity contribution is 5.96. The number of methoxy groups -OCH3 is 1. The highest BCUT2D eigenvalue weighted by atomic mass is 16.5. The summed E-state index contributed by atoms with van der Waals surface area (Å²) in [6.07, 6.45) is 6.05. The van der Waals surface area contributed by atoms with Gasteiger partial charge in [-0.3, -0.25) is 10.1 Å². The van der Waals surface area contributed by atoms with E-state index in [1.807, 2.05) is 6.07 Å². The number of nitriles is 1. The van der Waals surface area contributed by atoms with Crippen LogP contribution in [-0.2, 0) is 4.79 Å². The minimum Gasteiger partial charge on any atom is -0.493 e. The Labute approximate surface area is 170 Å². The van der Waals surface area contributed by atoms with Gasteiger partial charge in [-0.1, -0.05) is 0 Å². The molecule has 0 aromatic heterocycles. The van der Waals surface area contributed by atoms with E-state index in [4.69, 9.17) is 14.7 Å². The Kier molecular flexibility index (Phi) is 5.12. The lowest BCUT2D eigenvalue weighted by atomic mass is 9.53. The number of urea groups is 1. The van der Waals surface area contributed by atoms with E-state index in [1.54, 1.807) is 25.1 Å². The first kappa shape index (κ1) is 19.6. The first-order valence-electron chi connectivity index (χ1n) is 10.3. The molecular weight excluding hydrogens is 370 g/mol. The average Bonchev–Trinajstić information content (AvgIpc) is 2.66. The predicted molar refractivity (Wildman–Crippen MR) is 105 cm³/mol. The van der Waals surface area contributed by atoms with Gasteiger partial charge in [-0.25, -0.2) is 4.79 Å². The Morgan fingerprint density at radius 3 is 2.31 bits per heavy atom. The van der Waals surface area contributed by atoms with Crippen molar-refractivity contribution >= 4 is 11.9 Å². The van der Waals surface area contributed by atoms with Gasteiger partial charge >= 0.3 is 6.03 Å². The predicted octanol–water partition coefficient (Wildman–Crippen LogP) is 3.13. The van der Waals surface area contributed by atoms with E-state index in [1.165, 1.54) is 26.4 Å². The van der Waals surface area contributed by atoms with Gasteiger partial charge in [0.1, 0.15) is 0 Å². The first-order valence-corrected chi connectivity index (χ1v) is 10.3. The van der Waals surface area contributed by atoms with E-state index in [0.29, 0.717) is 34.8 Å². The molecule has 7 heteroatoms. The van der Waals surface area contributed by atoms with Gasteiger partial charge < -0.3 is 14.8 Å². The van der Waals surface area contributed by atoms with Crippen molar-refractivity contribution in [2.45, 2.75) is 57.1 Å². The third-order valence-corrected chi connectivity index (χ3v) is 6.62. The molecule has 5 rings (SSSR count). The number of ether oxygens (including phenoxy) is 2. The summed E-state index contributed by atoms with van der Waals surface area (Å²) in [6.45, 7) is 1.57. The molecule has 0 saturated heterocycles. The van der Waals surface area contributed by atoms with E-state index in [-0.39, 0.29) is 5.54 Å². The molecule has 3 amide bonds. The number of rotatable bonds is 5. The van der Waals surface area contributed by atoms with Crippen molar-refractivity contribution in [3.8, 4) is 17.6 Å². The molecule has 7 nitrogen and oxygen atoms in total. The largest absolute Gasteiger partial charge is 0.493 e. The Balaban J connectivity index is 1.34. The molecule has 0 spiro atoms. The average molecular weight is 397 g/mol. The monoisotopic (exact) mass is 397 g/mol. The summed E-state index contributed by atoms with van der Waals surface area (Å²) in [4.78, 5) is 25.0. The van der Waals surface area contributed by atoms with Crippen LogP contribution in [0.2, 0.25) is 0 Å². The maximum atomic E-state index is 12.5. The second kappa shape index (κ2) is 7.58. The second-order valence-corrected chi connectivity index (χ2v) is 8.88. The number of amides is 3. The van der Waals surface area contributed by atoms with E-state index >= 15 is 0 Å². The van der Waals surface area contributed by atoms with Gasteiger partial charge in [0.2, 0.25) is 0 Å². The number of benzene rings is 1. The van der Waals surface area contributed by atoms with Crippen molar-refractivity contribution in [3.63, 3.8) is 0 Å². The fraction of sp³-hybridized carbons (Fsp3) is 0.591. The van der Waals surface area contributed by atoms with Crippen LogP contribution in [0.3, 0.4) is 0 Å². The number of nitrogens with zero attached hydrogens (tertiary/aromatic N) is 1. The number of nitrogens with one attached hydrogen (secondary N) is 2. The fourth-order valence-electron chi connectivity index (χ4n) is 5.83. The molecule has 4 bridgehead atoms. The standard InChI is InChI=1S/C22H27N3O4/c1-13(29-18-4-3-14(12-23)8-19(18)28-2)20(26)24-21(27)25-22-9-15-5-16(10-22)7-17(6-15)11-22/h3-4,8,13,15-17H,5-7,9-11H2,1-2H3,(H2,24,25,26,27)/t13-,15?,16?,17?,22?/m1/s1. The molecular formula is C22H27N3O4. The molecule has 1 atom stereocenters. The molecule has 4 saturated carbocycles. The lowest BCUT2D eigenvalue weighted by Crippen LogP contribution is -2.62. The molecule has 0 aliphatic heterocycles. The maximum absolute atomic E-state index is 12.5. The van der Waals surface area contributed by atoms with E-state index < -0.39 is 18.0 Å². The highest BCUT2D eigenvalue weighted by Gasteiger charge is 2.51. The number of carbonyl (C=O) groups is 2. The Morgan fingerprint density at radius 2 is 1.76 bits per heavy atom. The van der Waals surface area contributed by atoms with Crippen LogP contribution in [0.5, 0.6) is 11.5 Å². The van der Waals surface area contributed by atoms with Crippen LogP contribution in [-0.4, -0.2) is 30.7 Å². The van der Waals surface area contributed by atoms with Gasteiger partial charge in [0.25, 0.3) is 5.91 Å².